The van der Waals surface area contributed by atoms with Crippen molar-refractivity contribution < 1.29 is 27.8 Å². The number of nitrogens with zero attached hydrogens (tertiary/aromatic N) is 6. The van der Waals surface area contributed by atoms with E-state index in [1.807, 2.05) is 28.8 Å². The standard InChI is InChI=1S/C26H29N7O3.C2HF3O2/c1-4-5-14-32-22-23(29-25(32)31-13-7-8-18(27)16-31)30(2)26(35)33(24(22)34)15-17-10-11-20(36-3)19-9-6-12-28-21(17)19;3-2(4,5)1(6)7/h6,9-12,18H,7-8,13-16,27H2,1-3H3;(H,6,7). The van der Waals surface area contributed by atoms with Crippen molar-refractivity contribution in [2.75, 3.05) is 25.1 Å². The van der Waals surface area contributed by atoms with E-state index in [-0.39, 0.29) is 19.1 Å². The molecule has 1 fully saturated rings. The summed E-state index contributed by atoms with van der Waals surface area (Å²) in [5.41, 5.74) is 7.48. The number of alkyl halides is 3. The highest BCUT2D eigenvalue weighted by Crippen LogP contribution is 2.27. The number of nitrogens with two attached hydrogens (primary N) is 1. The molecule has 0 spiro atoms. The molecular weight excluding hydrogens is 571 g/mol. The number of piperidine rings is 1. The zero-order valence-electron chi connectivity index (χ0n) is 23.7. The van der Waals surface area contributed by atoms with Gasteiger partial charge in [0.1, 0.15) is 5.75 Å². The molecule has 0 aliphatic carbocycles. The minimum absolute atomic E-state index is 0.0283. The average Bonchev–Trinajstić information content (AvgIpc) is 3.36. The van der Waals surface area contributed by atoms with Gasteiger partial charge < -0.3 is 20.5 Å². The molecule has 4 heterocycles. The van der Waals surface area contributed by atoms with Gasteiger partial charge in [-0.05, 0) is 43.5 Å². The average molecular weight is 602 g/mol. The van der Waals surface area contributed by atoms with E-state index >= 15 is 0 Å². The lowest BCUT2D eigenvalue weighted by Crippen LogP contribution is -2.44. The number of carbonyl (C=O) groups is 1. The van der Waals surface area contributed by atoms with Crippen molar-refractivity contribution in [2.45, 2.75) is 45.1 Å². The van der Waals surface area contributed by atoms with Crippen LogP contribution in [0, 0.1) is 11.8 Å². The van der Waals surface area contributed by atoms with Crippen molar-refractivity contribution in [3.8, 4) is 17.6 Å². The fourth-order valence-corrected chi connectivity index (χ4v) is 4.92. The Labute approximate surface area is 243 Å². The van der Waals surface area contributed by atoms with Crippen LogP contribution in [0.5, 0.6) is 5.75 Å². The number of aryl methyl sites for hydroxylation is 1. The maximum Gasteiger partial charge on any atom is 0.490 e. The molecule has 1 atom stereocenters. The zero-order chi connectivity index (χ0) is 31.5. The van der Waals surface area contributed by atoms with Crippen LogP contribution < -0.4 is 26.6 Å². The molecule has 228 valence electrons. The highest BCUT2D eigenvalue weighted by Gasteiger charge is 2.38. The Bertz CT molecular complexity index is 1850. The number of pyridine rings is 1. The number of fused-ring (bicyclic) bond motifs is 2. The van der Waals surface area contributed by atoms with Crippen LogP contribution in [-0.2, 0) is 24.9 Å². The summed E-state index contributed by atoms with van der Waals surface area (Å²) in [6.45, 7) is 3.52. The molecule has 0 radical (unpaired) electrons. The van der Waals surface area contributed by atoms with Crippen LogP contribution in [0.3, 0.4) is 0 Å². The van der Waals surface area contributed by atoms with E-state index in [1.54, 1.807) is 27.3 Å². The fraction of sp³-hybridized carbons (Fsp3) is 0.393. The molecule has 1 saturated heterocycles. The van der Waals surface area contributed by atoms with E-state index in [2.05, 4.69) is 21.7 Å². The van der Waals surface area contributed by atoms with Crippen LogP contribution in [0.25, 0.3) is 22.1 Å². The first-order chi connectivity index (χ1) is 20.4. The van der Waals surface area contributed by atoms with Gasteiger partial charge in [-0.3, -0.25) is 23.5 Å². The number of rotatable bonds is 5. The summed E-state index contributed by atoms with van der Waals surface area (Å²) in [5.74, 6) is 4.49. The Morgan fingerprint density at radius 3 is 2.58 bits per heavy atom. The normalized spacial score (nSPS) is 15.0. The second kappa shape index (κ2) is 12.6. The van der Waals surface area contributed by atoms with Gasteiger partial charge in [-0.15, -0.1) is 5.92 Å². The molecule has 3 aromatic heterocycles. The third kappa shape index (κ3) is 6.33. The third-order valence-electron chi connectivity index (χ3n) is 6.97. The summed E-state index contributed by atoms with van der Waals surface area (Å²) in [4.78, 5) is 47.5. The Balaban J connectivity index is 0.000000541. The number of aromatic nitrogens is 5. The van der Waals surface area contributed by atoms with E-state index in [0.29, 0.717) is 34.9 Å². The number of benzene rings is 1. The van der Waals surface area contributed by atoms with Crippen molar-refractivity contribution in [3.63, 3.8) is 0 Å². The molecule has 4 aromatic rings. The van der Waals surface area contributed by atoms with E-state index in [0.717, 1.165) is 30.3 Å². The lowest BCUT2D eigenvalue weighted by molar-refractivity contribution is -0.192. The molecule has 1 aliphatic heterocycles. The minimum Gasteiger partial charge on any atom is -0.496 e. The number of halogens is 3. The number of anilines is 1. The molecule has 43 heavy (non-hydrogen) atoms. The van der Waals surface area contributed by atoms with Crippen molar-refractivity contribution in [1.29, 1.82) is 0 Å². The quantitative estimate of drug-likeness (QED) is 0.328. The Morgan fingerprint density at radius 1 is 1.23 bits per heavy atom. The topological polar surface area (TPSA) is 150 Å². The van der Waals surface area contributed by atoms with Crippen LogP contribution >= 0.6 is 0 Å². The highest BCUT2D eigenvalue weighted by atomic mass is 19.4. The summed E-state index contributed by atoms with van der Waals surface area (Å²) in [6.07, 6.45) is -1.52. The van der Waals surface area contributed by atoms with Gasteiger partial charge in [0.25, 0.3) is 5.56 Å². The monoisotopic (exact) mass is 601 g/mol. The second-order valence-corrected chi connectivity index (χ2v) is 9.81. The van der Waals surface area contributed by atoms with Crippen molar-refractivity contribution >= 4 is 34.0 Å². The van der Waals surface area contributed by atoms with Gasteiger partial charge in [0.2, 0.25) is 5.95 Å². The molecular formula is C28H30F3N7O5. The molecule has 15 heteroatoms. The summed E-state index contributed by atoms with van der Waals surface area (Å²) >= 11 is 0. The first kappa shape index (κ1) is 31.1. The van der Waals surface area contributed by atoms with Gasteiger partial charge in [0.05, 0.1) is 25.7 Å². The number of carboxylic acids is 1. The third-order valence-corrected chi connectivity index (χ3v) is 6.97. The molecule has 0 amide bonds. The second-order valence-electron chi connectivity index (χ2n) is 9.81. The summed E-state index contributed by atoms with van der Waals surface area (Å²) in [5, 5.41) is 7.94. The Hall–Kier alpha value is -4.84. The van der Waals surface area contributed by atoms with E-state index < -0.39 is 23.4 Å². The fourth-order valence-electron chi connectivity index (χ4n) is 4.92. The zero-order valence-corrected chi connectivity index (χ0v) is 23.7. The number of methoxy groups -OCH3 is 1. The predicted molar refractivity (Wildman–Crippen MR) is 153 cm³/mol. The first-order valence-electron chi connectivity index (χ1n) is 13.2. The van der Waals surface area contributed by atoms with Gasteiger partial charge in [-0.2, -0.15) is 18.2 Å². The van der Waals surface area contributed by atoms with E-state index in [4.69, 9.17) is 25.4 Å². The van der Waals surface area contributed by atoms with Gasteiger partial charge >= 0.3 is 17.8 Å². The Morgan fingerprint density at radius 2 is 1.95 bits per heavy atom. The number of hydrogen-bond acceptors (Lipinski definition) is 8. The number of ether oxygens (including phenoxy) is 1. The van der Waals surface area contributed by atoms with E-state index in [1.165, 1.54) is 9.13 Å². The van der Waals surface area contributed by atoms with Gasteiger partial charge in [0.15, 0.2) is 11.2 Å². The molecule has 12 nitrogen and oxygen atoms in total. The maximum atomic E-state index is 13.9. The van der Waals surface area contributed by atoms with Crippen LogP contribution in [0.15, 0.2) is 40.1 Å². The molecule has 0 bridgehead atoms. The molecule has 1 aliphatic rings. The van der Waals surface area contributed by atoms with Crippen molar-refractivity contribution in [2.24, 2.45) is 12.8 Å². The highest BCUT2D eigenvalue weighted by molar-refractivity contribution is 5.87. The lowest BCUT2D eigenvalue weighted by Gasteiger charge is -2.31. The van der Waals surface area contributed by atoms with Crippen LogP contribution in [0.2, 0.25) is 0 Å². The number of hydrogen-bond donors (Lipinski definition) is 2. The molecule has 1 aromatic carbocycles. The molecule has 1 unspecified atom stereocenters. The number of aliphatic carboxylic acids is 1. The summed E-state index contributed by atoms with van der Waals surface area (Å²) < 4.78 is 41.7. The van der Waals surface area contributed by atoms with Gasteiger partial charge in [-0.25, -0.2) is 9.59 Å². The number of carboxylic acid groups (broad SMARTS) is 1. The van der Waals surface area contributed by atoms with Crippen LogP contribution in [0.1, 0.15) is 25.3 Å². The largest absolute Gasteiger partial charge is 0.496 e. The summed E-state index contributed by atoms with van der Waals surface area (Å²) in [7, 11) is 3.24. The smallest absolute Gasteiger partial charge is 0.490 e. The van der Waals surface area contributed by atoms with Gasteiger partial charge in [0, 0.05) is 37.8 Å². The van der Waals surface area contributed by atoms with Crippen molar-refractivity contribution in [3.05, 3.63) is 56.9 Å². The first-order valence-corrected chi connectivity index (χ1v) is 13.2. The SMILES string of the molecule is CC#CCn1c(N2CCCC(N)C2)nc2c1c(=O)n(Cc1ccc(OC)c3cccnc13)c(=O)n2C.O=C(O)C(F)(F)F. The number of imidazole rings is 1. The van der Waals surface area contributed by atoms with E-state index in [9.17, 15) is 22.8 Å². The lowest BCUT2D eigenvalue weighted by atomic mass is 10.1. The predicted octanol–water partition coefficient (Wildman–Crippen LogP) is 2.09. The Kier molecular flexibility index (Phi) is 9.10. The maximum absolute atomic E-state index is 13.9. The molecule has 3 N–H and O–H groups in total. The molecule has 5 rings (SSSR count). The molecule has 0 saturated carbocycles. The van der Waals surface area contributed by atoms with Gasteiger partial charge in [-0.1, -0.05) is 12.0 Å². The van der Waals surface area contributed by atoms with Crippen LogP contribution in [0.4, 0.5) is 19.1 Å². The minimum atomic E-state index is -5.08. The van der Waals surface area contributed by atoms with Crippen LogP contribution in [-0.4, -0.2) is 67.2 Å². The summed E-state index contributed by atoms with van der Waals surface area (Å²) in [6, 6.07) is 7.42. The van der Waals surface area contributed by atoms with Crippen molar-refractivity contribution in [1.82, 2.24) is 23.7 Å².